The van der Waals surface area contributed by atoms with Crippen LogP contribution in [0.25, 0.3) is 0 Å². The van der Waals surface area contributed by atoms with Gasteiger partial charge in [0, 0.05) is 47.2 Å². The van der Waals surface area contributed by atoms with Gasteiger partial charge in [-0.15, -0.1) is 11.6 Å². The van der Waals surface area contributed by atoms with Crippen LogP contribution in [0.15, 0.2) is 12.3 Å². The third-order valence-electron chi connectivity index (χ3n) is 2.82. The number of rotatable bonds is 2. The summed E-state index contributed by atoms with van der Waals surface area (Å²) in [5.41, 5.74) is 3.48. The average molecular weight is 257 g/mol. The third-order valence-corrected chi connectivity index (χ3v) is 4.25. The van der Waals surface area contributed by atoms with Crippen molar-refractivity contribution in [1.82, 2.24) is 4.98 Å². The Kier molecular flexibility index (Phi) is 3.98. The Morgan fingerprint density at radius 2 is 2.44 bits per heavy atom. The zero-order valence-electron chi connectivity index (χ0n) is 9.74. The molecule has 1 aliphatic rings. The van der Waals surface area contributed by atoms with Crippen LogP contribution in [-0.2, 0) is 5.88 Å². The first-order valence-electron chi connectivity index (χ1n) is 5.58. The Balaban J connectivity index is 2.26. The van der Waals surface area contributed by atoms with Crippen LogP contribution in [0.2, 0.25) is 0 Å². The van der Waals surface area contributed by atoms with Gasteiger partial charge in [-0.3, -0.25) is 4.98 Å². The molecule has 0 bridgehead atoms. The van der Waals surface area contributed by atoms with Crippen LogP contribution in [0.1, 0.15) is 18.2 Å². The maximum Gasteiger partial charge on any atom is 0.0509 e. The van der Waals surface area contributed by atoms with E-state index < -0.39 is 0 Å². The van der Waals surface area contributed by atoms with Crippen LogP contribution >= 0.6 is 23.4 Å². The largest absolute Gasteiger partial charge is 0.369 e. The summed E-state index contributed by atoms with van der Waals surface area (Å²) in [6.07, 6.45) is 1.91. The quantitative estimate of drug-likeness (QED) is 0.757. The molecule has 0 spiro atoms. The third kappa shape index (κ3) is 2.64. The minimum Gasteiger partial charge on any atom is -0.369 e. The lowest BCUT2D eigenvalue weighted by Gasteiger charge is -2.33. The van der Waals surface area contributed by atoms with Crippen molar-refractivity contribution in [3.8, 4) is 0 Å². The van der Waals surface area contributed by atoms with Crippen molar-refractivity contribution >= 4 is 29.1 Å². The molecular weight excluding hydrogens is 240 g/mol. The molecule has 0 saturated carbocycles. The zero-order valence-corrected chi connectivity index (χ0v) is 11.3. The second-order valence-electron chi connectivity index (χ2n) is 4.22. The summed E-state index contributed by atoms with van der Waals surface area (Å²) in [6.45, 7) is 6.54. The first-order chi connectivity index (χ1) is 7.70. The van der Waals surface area contributed by atoms with Crippen molar-refractivity contribution in [2.24, 2.45) is 0 Å². The minimum absolute atomic E-state index is 0.542. The molecule has 0 aromatic carbocycles. The summed E-state index contributed by atoms with van der Waals surface area (Å²) in [4.78, 5) is 6.75. The molecular formula is C12H17ClN2S. The Labute approximate surface area is 106 Å². The van der Waals surface area contributed by atoms with Gasteiger partial charge in [0.2, 0.25) is 0 Å². The molecule has 16 heavy (non-hydrogen) atoms. The van der Waals surface area contributed by atoms with Gasteiger partial charge in [0.05, 0.1) is 5.88 Å². The van der Waals surface area contributed by atoms with Gasteiger partial charge < -0.3 is 4.90 Å². The number of aryl methyl sites for hydroxylation is 1. The molecule has 0 N–H and O–H groups in total. The van der Waals surface area contributed by atoms with Crippen molar-refractivity contribution in [2.75, 3.05) is 23.7 Å². The van der Waals surface area contributed by atoms with Gasteiger partial charge in [-0.25, -0.2) is 0 Å². The summed E-state index contributed by atoms with van der Waals surface area (Å²) < 4.78 is 0. The molecule has 1 aliphatic heterocycles. The monoisotopic (exact) mass is 256 g/mol. The average Bonchev–Trinajstić information content (AvgIpc) is 2.29. The van der Waals surface area contributed by atoms with Crippen molar-refractivity contribution in [1.29, 1.82) is 0 Å². The first kappa shape index (κ1) is 12.1. The van der Waals surface area contributed by atoms with E-state index in [4.69, 9.17) is 11.6 Å². The van der Waals surface area contributed by atoms with E-state index in [1.165, 1.54) is 11.4 Å². The smallest absolute Gasteiger partial charge is 0.0509 e. The molecule has 2 nitrogen and oxygen atoms in total. The minimum atomic E-state index is 0.542. The van der Waals surface area contributed by atoms with Crippen LogP contribution in [-0.4, -0.2) is 29.1 Å². The molecule has 1 saturated heterocycles. The molecule has 1 aromatic heterocycles. The van der Waals surface area contributed by atoms with E-state index in [0.717, 1.165) is 24.3 Å². The second-order valence-corrected chi connectivity index (χ2v) is 6.03. The number of pyridine rings is 1. The van der Waals surface area contributed by atoms with Gasteiger partial charge in [0.15, 0.2) is 0 Å². The van der Waals surface area contributed by atoms with E-state index in [2.05, 4.69) is 22.9 Å². The van der Waals surface area contributed by atoms with E-state index in [-0.39, 0.29) is 0 Å². The fourth-order valence-corrected chi connectivity index (χ4v) is 3.23. The fourth-order valence-electron chi connectivity index (χ4n) is 2.01. The normalized spacial score (nSPS) is 21.2. The number of hydrogen-bond donors (Lipinski definition) is 0. The summed E-state index contributed by atoms with van der Waals surface area (Å²) in [6, 6.07) is 2.15. The molecule has 0 amide bonds. The number of alkyl halides is 1. The second kappa shape index (κ2) is 5.28. The maximum absolute atomic E-state index is 5.97. The zero-order chi connectivity index (χ0) is 11.5. The van der Waals surface area contributed by atoms with Crippen molar-refractivity contribution in [3.63, 3.8) is 0 Å². The number of aromatic nitrogens is 1. The molecule has 1 aromatic rings. The van der Waals surface area contributed by atoms with Crippen LogP contribution in [0.3, 0.4) is 0 Å². The molecule has 88 valence electrons. The number of hydrogen-bond acceptors (Lipinski definition) is 3. The SMILES string of the molecule is Cc1cc(N2CCSC(C)C2)c(CCl)cn1. The number of thioether (sulfide) groups is 1. The van der Waals surface area contributed by atoms with E-state index in [1.807, 2.05) is 24.9 Å². The van der Waals surface area contributed by atoms with Crippen molar-refractivity contribution in [2.45, 2.75) is 25.0 Å². The lowest BCUT2D eigenvalue weighted by molar-refractivity contribution is 0.777. The van der Waals surface area contributed by atoms with Gasteiger partial charge >= 0.3 is 0 Å². The molecule has 0 aliphatic carbocycles. The van der Waals surface area contributed by atoms with E-state index >= 15 is 0 Å². The molecule has 1 atom stereocenters. The summed E-state index contributed by atoms with van der Waals surface area (Å²) in [5.74, 6) is 1.74. The molecule has 1 unspecified atom stereocenters. The van der Waals surface area contributed by atoms with Crippen molar-refractivity contribution < 1.29 is 0 Å². The number of halogens is 1. The Morgan fingerprint density at radius 3 is 3.12 bits per heavy atom. The molecule has 1 fully saturated rings. The van der Waals surface area contributed by atoms with Gasteiger partial charge in [-0.05, 0) is 13.0 Å². The lowest BCUT2D eigenvalue weighted by Crippen LogP contribution is -2.37. The van der Waals surface area contributed by atoms with Crippen molar-refractivity contribution in [3.05, 3.63) is 23.5 Å². The Bertz CT molecular complexity index is 370. The van der Waals surface area contributed by atoms with Crippen LogP contribution in [0.5, 0.6) is 0 Å². The summed E-state index contributed by atoms with van der Waals surface area (Å²) in [5, 5.41) is 0.699. The van der Waals surface area contributed by atoms with Crippen LogP contribution in [0.4, 0.5) is 5.69 Å². The first-order valence-corrected chi connectivity index (χ1v) is 7.17. The highest BCUT2D eigenvalue weighted by molar-refractivity contribution is 8.00. The highest BCUT2D eigenvalue weighted by atomic mass is 35.5. The molecule has 2 rings (SSSR count). The predicted molar refractivity (Wildman–Crippen MR) is 72.7 cm³/mol. The topological polar surface area (TPSA) is 16.1 Å². The van der Waals surface area contributed by atoms with E-state index in [0.29, 0.717) is 11.1 Å². The highest BCUT2D eigenvalue weighted by Gasteiger charge is 2.19. The standard InChI is InChI=1S/C12H17ClN2S/c1-9-5-12(11(6-13)7-14-9)15-3-4-16-10(2)8-15/h5,7,10H,3-4,6,8H2,1-2H3. The molecule has 0 radical (unpaired) electrons. The number of anilines is 1. The van der Waals surface area contributed by atoms with Gasteiger partial charge in [0.1, 0.15) is 0 Å². The fraction of sp³-hybridized carbons (Fsp3) is 0.583. The van der Waals surface area contributed by atoms with Crippen LogP contribution in [0, 0.1) is 6.92 Å². The van der Waals surface area contributed by atoms with Gasteiger partial charge in [-0.2, -0.15) is 11.8 Å². The maximum atomic E-state index is 5.97. The Hall–Kier alpha value is -0.410. The van der Waals surface area contributed by atoms with Gasteiger partial charge in [-0.1, -0.05) is 6.92 Å². The molecule has 4 heteroatoms. The highest BCUT2D eigenvalue weighted by Crippen LogP contribution is 2.27. The van der Waals surface area contributed by atoms with E-state index in [9.17, 15) is 0 Å². The summed E-state index contributed by atoms with van der Waals surface area (Å²) >= 11 is 8.01. The molecule has 2 heterocycles. The Morgan fingerprint density at radius 1 is 1.62 bits per heavy atom. The van der Waals surface area contributed by atoms with Crippen LogP contribution < -0.4 is 4.90 Å². The predicted octanol–water partition coefficient (Wildman–Crippen LogP) is 3.07. The number of nitrogens with zero attached hydrogens (tertiary/aromatic N) is 2. The van der Waals surface area contributed by atoms with Gasteiger partial charge in [0.25, 0.3) is 0 Å². The lowest BCUT2D eigenvalue weighted by atomic mass is 10.2. The summed E-state index contributed by atoms with van der Waals surface area (Å²) in [7, 11) is 0. The van der Waals surface area contributed by atoms with E-state index in [1.54, 1.807) is 0 Å².